The van der Waals surface area contributed by atoms with E-state index in [0.717, 1.165) is 12.1 Å². The number of hydrogen-bond acceptors (Lipinski definition) is 3. The molecule has 1 aromatic carbocycles. The number of hydrogen-bond donors (Lipinski definition) is 1. The first-order chi connectivity index (χ1) is 9.27. The van der Waals surface area contributed by atoms with E-state index in [2.05, 4.69) is 26.4 Å². The number of halogens is 4. The maximum atomic E-state index is 12.9. The van der Waals surface area contributed by atoms with Gasteiger partial charge in [0, 0.05) is 10.5 Å². The van der Waals surface area contributed by atoms with Gasteiger partial charge in [-0.05, 0) is 25.1 Å². The van der Waals surface area contributed by atoms with Crippen molar-refractivity contribution in [1.82, 2.24) is 5.16 Å². The van der Waals surface area contributed by atoms with Crippen LogP contribution < -0.4 is 5.32 Å². The van der Waals surface area contributed by atoms with Gasteiger partial charge in [0.05, 0.1) is 16.8 Å². The van der Waals surface area contributed by atoms with E-state index >= 15 is 0 Å². The Morgan fingerprint density at radius 1 is 1.35 bits per heavy atom. The summed E-state index contributed by atoms with van der Waals surface area (Å²) in [4.78, 5) is 11.9. The zero-order valence-electron chi connectivity index (χ0n) is 10.1. The van der Waals surface area contributed by atoms with Gasteiger partial charge in [-0.25, -0.2) is 0 Å². The lowest BCUT2D eigenvalue weighted by molar-refractivity contribution is -0.137. The molecule has 1 aromatic heterocycles. The van der Waals surface area contributed by atoms with Gasteiger partial charge >= 0.3 is 6.18 Å². The molecule has 0 radical (unpaired) electrons. The Hall–Kier alpha value is -1.83. The van der Waals surface area contributed by atoms with Crippen molar-refractivity contribution in [1.29, 1.82) is 0 Å². The van der Waals surface area contributed by atoms with E-state index in [4.69, 9.17) is 4.52 Å². The molecule has 2 aromatic rings. The van der Waals surface area contributed by atoms with Gasteiger partial charge in [-0.3, -0.25) is 10.1 Å². The van der Waals surface area contributed by atoms with Crippen LogP contribution in [0.25, 0.3) is 0 Å². The summed E-state index contributed by atoms with van der Waals surface area (Å²) in [5.41, 5.74) is -1.01. The number of nitrogens with one attached hydrogen (secondary N) is 1. The Kier molecular flexibility index (Phi) is 3.85. The van der Waals surface area contributed by atoms with E-state index in [0.29, 0.717) is 5.69 Å². The SMILES string of the molecule is Cc1cc(NC(=O)c2ccc(Br)cc2C(F)(F)F)on1. The van der Waals surface area contributed by atoms with Gasteiger partial charge in [-0.15, -0.1) is 0 Å². The molecule has 0 saturated heterocycles. The van der Waals surface area contributed by atoms with Crippen molar-refractivity contribution in [3.05, 3.63) is 45.6 Å². The molecule has 0 saturated carbocycles. The summed E-state index contributed by atoms with van der Waals surface area (Å²) < 4.78 is 43.7. The molecule has 1 N–H and O–H groups in total. The van der Waals surface area contributed by atoms with Gasteiger partial charge in [0.1, 0.15) is 0 Å². The number of alkyl halides is 3. The molecule has 0 aliphatic heterocycles. The zero-order chi connectivity index (χ0) is 14.9. The van der Waals surface area contributed by atoms with Crippen LogP contribution in [-0.4, -0.2) is 11.1 Å². The second-order valence-corrected chi connectivity index (χ2v) is 4.89. The predicted molar refractivity (Wildman–Crippen MR) is 68.3 cm³/mol. The number of aromatic nitrogens is 1. The minimum absolute atomic E-state index is 0.0106. The van der Waals surface area contributed by atoms with Crippen LogP contribution in [0.2, 0.25) is 0 Å². The molecule has 0 spiro atoms. The van der Waals surface area contributed by atoms with Gasteiger partial charge < -0.3 is 4.52 Å². The van der Waals surface area contributed by atoms with Crippen molar-refractivity contribution in [2.75, 3.05) is 5.32 Å². The van der Waals surface area contributed by atoms with Crippen LogP contribution in [0.3, 0.4) is 0 Å². The van der Waals surface area contributed by atoms with Crippen LogP contribution in [0, 0.1) is 6.92 Å². The number of carbonyl (C=O) groups is 1. The molecular weight excluding hydrogens is 341 g/mol. The van der Waals surface area contributed by atoms with E-state index in [9.17, 15) is 18.0 Å². The molecule has 8 heteroatoms. The smallest absolute Gasteiger partial charge is 0.338 e. The lowest BCUT2D eigenvalue weighted by atomic mass is 10.1. The normalized spacial score (nSPS) is 11.4. The van der Waals surface area contributed by atoms with E-state index in [-0.39, 0.29) is 10.4 Å². The Bertz CT molecular complexity index is 652. The van der Waals surface area contributed by atoms with Crippen molar-refractivity contribution in [3.8, 4) is 0 Å². The number of anilines is 1. The monoisotopic (exact) mass is 348 g/mol. The van der Waals surface area contributed by atoms with Crippen molar-refractivity contribution >= 4 is 27.7 Å². The molecular formula is C12H8BrF3N2O2. The summed E-state index contributed by atoms with van der Waals surface area (Å²) >= 11 is 2.95. The number of aryl methyl sites for hydroxylation is 1. The molecule has 0 fully saturated rings. The fourth-order valence-corrected chi connectivity index (χ4v) is 1.91. The minimum Gasteiger partial charge on any atom is -0.338 e. The Labute approximate surface area is 120 Å². The van der Waals surface area contributed by atoms with E-state index in [1.807, 2.05) is 0 Å². The van der Waals surface area contributed by atoms with Crippen LogP contribution >= 0.6 is 15.9 Å². The second-order valence-electron chi connectivity index (χ2n) is 3.97. The third kappa shape index (κ3) is 3.19. The number of amides is 1. The Balaban J connectivity index is 2.34. The first kappa shape index (κ1) is 14.6. The summed E-state index contributed by atoms with van der Waals surface area (Å²) in [7, 11) is 0. The molecule has 1 amide bonds. The van der Waals surface area contributed by atoms with Crippen molar-refractivity contribution in [2.24, 2.45) is 0 Å². The summed E-state index contributed by atoms with van der Waals surface area (Å²) in [6.45, 7) is 1.62. The van der Waals surface area contributed by atoms with E-state index in [1.165, 1.54) is 12.1 Å². The average molecular weight is 349 g/mol. The van der Waals surface area contributed by atoms with Gasteiger partial charge in [0.25, 0.3) is 5.91 Å². The fraction of sp³-hybridized carbons (Fsp3) is 0.167. The Morgan fingerprint density at radius 2 is 2.05 bits per heavy atom. The third-order valence-electron chi connectivity index (χ3n) is 2.40. The van der Waals surface area contributed by atoms with Crippen LogP contribution in [0.4, 0.5) is 19.1 Å². The highest BCUT2D eigenvalue weighted by Crippen LogP contribution is 2.34. The molecule has 0 aliphatic rings. The first-order valence-electron chi connectivity index (χ1n) is 5.39. The largest absolute Gasteiger partial charge is 0.417 e. The Morgan fingerprint density at radius 3 is 2.60 bits per heavy atom. The lowest BCUT2D eigenvalue weighted by Gasteiger charge is -2.12. The molecule has 0 aliphatic carbocycles. The average Bonchev–Trinajstić information content (AvgIpc) is 2.73. The van der Waals surface area contributed by atoms with Gasteiger partial charge in [-0.1, -0.05) is 21.1 Å². The topological polar surface area (TPSA) is 55.1 Å². The summed E-state index contributed by atoms with van der Waals surface area (Å²) in [5, 5.41) is 5.76. The lowest BCUT2D eigenvalue weighted by Crippen LogP contribution is -2.18. The van der Waals surface area contributed by atoms with Crippen LogP contribution in [-0.2, 0) is 6.18 Å². The van der Waals surface area contributed by atoms with Gasteiger partial charge in [0.2, 0.25) is 5.88 Å². The second kappa shape index (κ2) is 5.28. The highest BCUT2D eigenvalue weighted by atomic mass is 79.9. The zero-order valence-corrected chi connectivity index (χ0v) is 11.7. The standard InChI is InChI=1S/C12H8BrF3N2O2/c1-6-4-10(20-18-6)17-11(19)8-3-2-7(13)5-9(8)12(14,15)16/h2-5H,1H3,(H,17,19). The first-order valence-corrected chi connectivity index (χ1v) is 6.18. The van der Waals surface area contributed by atoms with Crippen molar-refractivity contribution in [3.63, 3.8) is 0 Å². The molecule has 4 nitrogen and oxygen atoms in total. The number of nitrogens with zero attached hydrogens (tertiary/aromatic N) is 1. The summed E-state index contributed by atoms with van der Waals surface area (Å²) in [5.74, 6) is -0.926. The quantitative estimate of drug-likeness (QED) is 0.891. The van der Waals surface area contributed by atoms with E-state index < -0.39 is 23.2 Å². The fourth-order valence-electron chi connectivity index (χ4n) is 1.55. The molecule has 0 bridgehead atoms. The van der Waals surface area contributed by atoms with Crippen LogP contribution in [0.1, 0.15) is 21.6 Å². The third-order valence-corrected chi connectivity index (χ3v) is 2.89. The highest BCUT2D eigenvalue weighted by molar-refractivity contribution is 9.10. The molecule has 0 unspecified atom stereocenters. The van der Waals surface area contributed by atoms with E-state index in [1.54, 1.807) is 6.92 Å². The molecule has 20 heavy (non-hydrogen) atoms. The van der Waals surface area contributed by atoms with Crippen molar-refractivity contribution in [2.45, 2.75) is 13.1 Å². The van der Waals surface area contributed by atoms with Gasteiger partial charge in [0.15, 0.2) is 0 Å². The molecule has 106 valence electrons. The minimum atomic E-state index is -4.63. The van der Waals surface area contributed by atoms with Crippen LogP contribution in [0.15, 0.2) is 33.3 Å². The van der Waals surface area contributed by atoms with Crippen LogP contribution in [0.5, 0.6) is 0 Å². The molecule has 2 rings (SSSR count). The van der Waals surface area contributed by atoms with Crippen molar-refractivity contribution < 1.29 is 22.5 Å². The number of rotatable bonds is 2. The predicted octanol–water partition coefficient (Wildman–Crippen LogP) is 4.02. The number of benzene rings is 1. The summed E-state index contributed by atoms with van der Waals surface area (Å²) in [6, 6.07) is 4.70. The highest BCUT2D eigenvalue weighted by Gasteiger charge is 2.35. The summed E-state index contributed by atoms with van der Waals surface area (Å²) in [6.07, 6.45) is -4.63. The molecule has 1 heterocycles. The maximum absolute atomic E-state index is 12.9. The van der Waals surface area contributed by atoms with Gasteiger partial charge in [-0.2, -0.15) is 13.2 Å². The maximum Gasteiger partial charge on any atom is 0.417 e. The molecule has 0 atom stereocenters. The number of carbonyl (C=O) groups excluding carboxylic acids is 1.